The van der Waals surface area contributed by atoms with Crippen LogP contribution in [0.25, 0.3) is 0 Å². The predicted octanol–water partition coefficient (Wildman–Crippen LogP) is 0.601. The second-order valence-corrected chi connectivity index (χ2v) is 5.03. The molecule has 1 N–H and O–H groups in total. The number of carbonyl (C=O) groups excluding carboxylic acids is 2. The van der Waals surface area contributed by atoms with Crippen LogP contribution < -0.4 is 0 Å². The fourth-order valence-corrected chi connectivity index (χ4v) is 2.21. The molecule has 18 heavy (non-hydrogen) atoms. The second-order valence-electron chi connectivity index (χ2n) is 5.03. The highest BCUT2D eigenvalue weighted by Gasteiger charge is 2.28. The Hall–Kier alpha value is -0.940. The van der Waals surface area contributed by atoms with E-state index in [1.54, 1.807) is 6.92 Å². The van der Waals surface area contributed by atoms with Crippen LogP contribution in [0.5, 0.6) is 0 Å². The van der Waals surface area contributed by atoms with Crippen LogP contribution in [0.1, 0.15) is 32.6 Å². The summed E-state index contributed by atoms with van der Waals surface area (Å²) in [6.45, 7) is 3.31. The average molecular weight is 257 g/mol. The van der Waals surface area contributed by atoms with Crippen LogP contribution in [0.3, 0.4) is 0 Å². The van der Waals surface area contributed by atoms with Gasteiger partial charge < -0.3 is 9.84 Å². The number of Topliss-reactive ketones (excluding diaryl/α,β-unsaturated/α-hetero) is 1. The average Bonchev–Trinajstić information content (AvgIpc) is 2.24. The van der Waals surface area contributed by atoms with E-state index in [4.69, 9.17) is 4.74 Å². The highest BCUT2D eigenvalue weighted by Crippen LogP contribution is 2.27. The zero-order chi connectivity index (χ0) is 13.5. The van der Waals surface area contributed by atoms with Crippen LogP contribution in [0.15, 0.2) is 0 Å². The van der Waals surface area contributed by atoms with Gasteiger partial charge >= 0.3 is 5.97 Å². The van der Waals surface area contributed by atoms with E-state index < -0.39 is 0 Å². The molecule has 1 fully saturated rings. The molecule has 5 nitrogen and oxygen atoms in total. The standard InChI is InChI=1S/C13H23NO4/c1-3-18-13(17)5-4-11(15)9-14(2)8-10-6-12(16)7-10/h10,12,16H,3-9H2,1-2H3. The van der Waals surface area contributed by atoms with Crippen molar-refractivity contribution in [2.24, 2.45) is 5.92 Å². The molecule has 0 aromatic rings. The number of ketones is 1. The number of likely N-dealkylation sites (N-methyl/N-ethyl adjacent to an activating group) is 1. The summed E-state index contributed by atoms with van der Waals surface area (Å²) in [7, 11) is 1.90. The van der Waals surface area contributed by atoms with Crippen molar-refractivity contribution in [3.63, 3.8) is 0 Å². The fraction of sp³-hybridized carbons (Fsp3) is 0.846. The number of rotatable bonds is 8. The molecule has 1 aliphatic carbocycles. The molecule has 0 spiro atoms. The van der Waals surface area contributed by atoms with Gasteiger partial charge in [0, 0.05) is 13.0 Å². The molecule has 1 saturated carbocycles. The number of carbonyl (C=O) groups is 2. The van der Waals surface area contributed by atoms with Crippen molar-refractivity contribution >= 4 is 11.8 Å². The smallest absolute Gasteiger partial charge is 0.306 e. The lowest BCUT2D eigenvalue weighted by Gasteiger charge is -2.34. The lowest BCUT2D eigenvalue weighted by atomic mass is 9.82. The normalized spacial score (nSPS) is 22.7. The van der Waals surface area contributed by atoms with Gasteiger partial charge in [0.2, 0.25) is 0 Å². The largest absolute Gasteiger partial charge is 0.466 e. The van der Waals surface area contributed by atoms with Gasteiger partial charge in [0.15, 0.2) is 0 Å². The highest BCUT2D eigenvalue weighted by molar-refractivity contribution is 5.84. The van der Waals surface area contributed by atoms with E-state index in [0.29, 0.717) is 19.1 Å². The molecule has 0 aromatic carbocycles. The lowest BCUT2D eigenvalue weighted by molar-refractivity contribution is -0.144. The Morgan fingerprint density at radius 2 is 2.00 bits per heavy atom. The van der Waals surface area contributed by atoms with Crippen LogP contribution in [-0.2, 0) is 14.3 Å². The molecule has 0 amide bonds. The summed E-state index contributed by atoms with van der Waals surface area (Å²) in [5.74, 6) is 0.254. The molecule has 0 heterocycles. The molecule has 0 atom stereocenters. The minimum absolute atomic E-state index is 0.0606. The van der Waals surface area contributed by atoms with Gasteiger partial charge in [-0.1, -0.05) is 0 Å². The van der Waals surface area contributed by atoms with Crippen molar-refractivity contribution in [1.29, 1.82) is 0 Å². The maximum Gasteiger partial charge on any atom is 0.306 e. The Morgan fingerprint density at radius 3 is 2.56 bits per heavy atom. The molecule has 104 valence electrons. The number of aliphatic hydroxyl groups is 1. The van der Waals surface area contributed by atoms with Crippen LogP contribution in [0, 0.1) is 5.92 Å². The predicted molar refractivity (Wildman–Crippen MR) is 67.1 cm³/mol. The lowest BCUT2D eigenvalue weighted by Crippen LogP contribution is -2.38. The summed E-state index contributed by atoms with van der Waals surface area (Å²) in [5, 5.41) is 9.17. The zero-order valence-corrected chi connectivity index (χ0v) is 11.2. The minimum atomic E-state index is -0.310. The first-order chi connectivity index (χ1) is 8.51. The Morgan fingerprint density at radius 1 is 1.33 bits per heavy atom. The summed E-state index contributed by atoms with van der Waals surface area (Å²) in [6.07, 6.45) is 1.94. The summed E-state index contributed by atoms with van der Waals surface area (Å²) in [4.78, 5) is 24.7. The number of hydrogen-bond acceptors (Lipinski definition) is 5. The van der Waals surface area contributed by atoms with Crippen LogP contribution in [0.2, 0.25) is 0 Å². The quantitative estimate of drug-likeness (QED) is 0.645. The van der Waals surface area contributed by atoms with Crippen molar-refractivity contribution in [2.45, 2.75) is 38.7 Å². The molecular weight excluding hydrogens is 234 g/mol. The first kappa shape index (κ1) is 15.1. The minimum Gasteiger partial charge on any atom is -0.466 e. The van der Waals surface area contributed by atoms with Gasteiger partial charge in [-0.15, -0.1) is 0 Å². The fourth-order valence-electron chi connectivity index (χ4n) is 2.21. The maximum atomic E-state index is 11.6. The van der Waals surface area contributed by atoms with E-state index in [-0.39, 0.29) is 30.7 Å². The molecular formula is C13H23NO4. The monoisotopic (exact) mass is 257 g/mol. The number of esters is 1. The SMILES string of the molecule is CCOC(=O)CCC(=O)CN(C)CC1CC(O)C1. The molecule has 0 saturated heterocycles. The van der Waals surface area contributed by atoms with Gasteiger partial charge in [0.05, 0.1) is 25.7 Å². The first-order valence-corrected chi connectivity index (χ1v) is 6.55. The van der Waals surface area contributed by atoms with Gasteiger partial charge in [0.1, 0.15) is 5.78 Å². The van der Waals surface area contributed by atoms with E-state index in [0.717, 1.165) is 19.4 Å². The van der Waals surface area contributed by atoms with Crippen molar-refractivity contribution in [3.8, 4) is 0 Å². The number of ether oxygens (including phenoxy) is 1. The summed E-state index contributed by atoms with van der Waals surface area (Å²) in [5.41, 5.74) is 0. The van der Waals surface area contributed by atoms with E-state index >= 15 is 0 Å². The molecule has 0 bridgehead atoms. The summed E-state index contributed by atoms with van der Waals surface area (Å²) >= 11 is 0. The van der Waals surface area contributed by atoms with Crippen molar-refractivity contribution < 1.29 is 19.4 Å². The topological polar surface area (TPSA) is 66.8 Å². The second kappa shape index (κ2) is 7.48. The third-order valence-electron chi connectivity index (χ3n) is 3.14. The van der Waals surface area contributed by atoms with Gasteiger partial charge in [0.25, 0.3) is 0 Å². The molecule has 0 unspecified atom stereocenters. The molecule has 0 aromatic heterocycles. The highest BCUT2D eigenvalue weighted by atomic mass is 16.5. The van der Waals surface area contributed by atoms with Gasteiger partial charge in [-0.25, -0.2) is 0 Å². The number of hydrogen-bond donors (Lipinski definition) is 1. The Kier molecular flexibility index (Phi) is 6.29. The summed E-state index contributed by atoms with van der Waals surface area (Å²) in [6, 6.07) is 0. The van der Waals surface area contributed by atoms with Gasteiger partial charge in [-0.05, 0) is 32.7 Å². The molecule has 5 heteroatoms. The molecule has 1 aliphatic rings. The van der Waals surface area contributed by atoms with Crippen LogP contribution in [0.4, 0.5) is 0 Å². The molecule has 0 radical (unpaired) electrons. The molecule has 1 rings (SSSR count). The number of aliphatic hydroxyl groups excluding tert-OH is 1. The van der Waals surface area contributed by atoms with Gasteiger partial charge in [-0.3, -0.25) is 14.5 Å². The van der Waals surface area contributed by atoms with Gasteiger partial charge in [-0.2, -0.15) is 0 Å². The number of nitrogens with zero attached hydrogens (tertiary/aromatic N) is 1. The first-order valence-electron chi connectivity index (χ1n) is 6.55. The van der Waals surface area contributed by atoms with Crippen LogP contribution in [-0.4, -0.2) is 54.6 Å². The molecule has 0 aliphatic heterocycles. The Bertz CT molecular complexity index is 287. The van der Waals surface area contributed by atoms with Crippen LogP contribution >= 0.6 is 0 Å². The van der Waals surface area contributed by atoms with E-state index in [1.165, 1.54) is 0 Å². The van der Waals surface area contributed by atoms with E-state index in [9.17, 15) is 14.7 Å². The van der Waals surface area contributed by atoms with Crippen molar-refractivity contribution in [1.82, 2.24) is 4.90 Å². The third kappa shape index (κ3) is 5.60. The van der Waals surface area contributed by atoms with E-state index in [2.05, 4.69) is 0 Å². The van der Waals surface area contributed by atoms with Crippen molar-refractivity contribution in [3.05, 3.63) is 0 Å². The zero-order valence-electron chi connectivity index (χ0n) is 11.2. The summed E-state index contributed by atoms with van der Waals surface area (Å²) < 4.78 is 4.77. The Balaban J connectivity index is 2.09. The van der Waals surface area contributed by atoms with Crippen molar-refractivity contribution in [2.75, 3.05) is 26.7 Å². The maximum absolute atomic E-state index is 11.6. The van der Waals surface area contributed by atoms with E-state index in [1.807, 2.05) is 11.9 Å². The third-order valence-corrected chi connectivity index (χ3v) is 3.14. The Labute approximate surface area is 108 Å².